The highest BCUT2D eigenvalue weighted by Crippen LogP contribution is 2.32. The number of nitrogens with one attached hydrogen (secondary N) is 1. The second-order valence-corrected chi connectivity index (χ2v) is 8.54. The quantitative estimate of drug-likeness (QED) is 0.729. The summed E-state index contributed by atoms with van der Waals surface area (Å²) < 4.78 is 23.8. The molecule has 1 saturated heterocycles. The third kappa shape index (κ3) is 4.17. The van der Waals surface area contributed by atoms with Gasteiger partial charge in [-0.2, -0.15) is 0 Å². The number of likely N-dealkylation sites (tertiary alicyclic amines) is 1. The van der Waals surface area contributed by atoms with Crippen molar-refractivity contribution >= 4 is 15.7 Å². The van der Waals surface area contributed by atoms with E-state index in [2.05, 4.69) is 10.2 Å². The smallest absolute Gasteiger partial charge is 0.224 e. The van der Waals surface area contributed by atoms with Crippen molar-refractivity contribution in [1.29, 1.82) is 0 Å². The first kappa shape index (κ1) is 16.7. The summed E-state index contributed by atoms with van der Waals surface area (Å²) >= 11 is 0. The number of amides is 1. The van der Waals surface area contributed by atoms with Crippen LogP contribution in [0.15, 0.2) is 0 Å². The predicted octanol–water partition coefficient (Wildman–Crippen LogP) is -0.261. The van der Waals surface area contributed by atoms with E-state index >= 15 is 0 Å². The number of piperidine rings is 1. The molecule has 0 bridgehead atoms. The number of hydrogen-bond acceptors (Lipinski definition) is 5. The molecule has 0 radical (unpaired) electrons. The summed E-state index contributed by atoms with van der Waals surface area (Å²) in [6, 6.07) is 0.0881. The maximum atomic E-state index is 12.1. The minimum Gasteiger partial charge on any atom is -0.355 e. The van der Waals surface area contributed by atoms with Crippen LogP contribution in [0.3, 0.4) is 0 Å². The Labute approximate surface area is 127 Å². The molecule has 0 spiro atoms. The van der Waals surface area contributed by atoms with Crippen molar-refractivity contribution in [3.8, 4) is 0 Å². The van der Waals surface area contributed by atoms with E-state index in [4.69, 9.17) is 5.73 Å². The van der Waals surface area contributed by atoms with Crippen molar-refractivity contribution in [2.75, 3.05) is 32.4 Å². The van der Waals surface area contributed by atoms with Gasteiger partial charge in [0.1, 0.15) is 0 Å². The average Bonchev–Trinajstić information content (AvgIpc) is 2.94. The minimum absolute atomic E-state index is 0.0360. The van der Waals surface area contributed by atoms with Gasteiger partial charge in [-0.15, -0.1) is 0 Å². The van der Waals surface area contributed by atoms with E-state index in [0.717, 1.165) is 38.6 Å². The molecule has 7 heteroatoms. The Morgan fingerprint density at radius 1 is 1.29 bits per heavy atom. The maximum Gasteiger partial charge on any atom is 0.224 e. The molecule has 1 heterocycles. The van der Waals surface area contributed by atoms with E-state index in [9.17, 15) is 13.2 Å². The first-order valence-corrected chi connectivity index (χ1v) is 9.79. The summed E-state index contributed by atoms with van der Waals surface area (Å²) in [7, 11) is -3.01. The van der Waals surface area contributed by atoms with Crippen LogP contribution in [0.1, 0.15) is 32.1 Å². The molecular weight excluding hydrogens is 290 g/mol. The fourth-order valence-corrected chi connectivity index (χ4v) is 5.16. The molecule has 3 unspecified atom stereocenters. The predicted molar refractivity (Wildman–Crippen MR) is 82.6 cm³/mol. The Morgan fingerprint density at radius 2 is 2.05 bits per heavy atom. The van der Waals surface area contributed by atoms with Gasteiger partial charge in [-0.1, -0.05) is 6.42 Å². The fraction of sp³-hybridized carbons (Fsp3) is 0.929. The summed E-state index contributed by atoms with van der Waals surface area (Å²) in [4.78, 5) is 14.3. The summed E-state index contributed by atoms with van der Waals surface area (Å²) in [5.41, 5.74) is 5.41. The molecule has 3 atom stereocenters. The van der Waals surface area contributed by atoms with Crippen molar-refractivity contribution in [2.24, 2.45) is 11.7 Å². The van der Waals surface area contributed by atoms with Crippen molar-refractivity contribution in [1.82, 2.24) is 10.2 Å². The topological polar surface area (TPSA) is 92.5 Å². The summed E-state index contributed by atoms with van der Waals surface area (Å²) in [5.74, 6) is 0.0187. The van der Waals surface area contributed by atoms with Crippen LogP contribution >= 0.6 is 0 Å². The van der Waals surface area contributed by atoms with E-state index in [0.29, 0.717) is 19.6 Å². The highest BCUT2D eigenvalue weighted by molar-refractivity contribution is 7.91. The molecule has 1 saturated carbocycles. The molecule has 2 aliphatic rings. The maximum absolute atomic E-state index is 12.1. The molecule has 1 aliphatic carbocycles. The van der Waals surface area contributed by atoms with Gasteiger partial charge in [0.05, 0.1) is 11.2 Å². The second kappa shape index (κ2) is 7.07. The average molecular weight is 317 g/mol. The lowest BCUT2D eigenvalue weighted by Gasteiger charge is -2.38. The third-order valence-electron chi connectivity index (χ3n) is 4.70. The molecule has 21 heavy (non-hydrogen) atoms. The number of rotatable bonds is 5. The highest BCUT2D eigenvalue weighted by atomic mass is 32.2. The molecule has 3 N–H and O–H groups in total. The highest BCUT2D eigenvalue weighted by Gasteiger charge is 2.40. The van der Waals surface area contributed by atoms with E-state index in [1.165, 1.54) is 6.26 Å². The van der Waals surface area contributed by atoms with Gasteiger partial charge in [0.25, 0.3) is 0 Å². The first-order valence-electron chi connectivity index (χ1n) is 7.84. The number of nitrogens with two attached hydrogens (primary N) is 1. The molecule has 122 valence electrons. The number of hydrogen-bond donors (Lipinski definition) is 2. The SMILES string of the molecule is CS(=O)(=O)C1CCCC1N1CCCC(C(=O)NCCN)C1. The van der Waals surface area contributed by atoms with Gasteiger partial charge >= 0.3 is 0 Å². The van der Waals surface area contributed by atoms with E-state index in [-0.39, 0.29) is 23.1 Å². The monoisotopic (exact) mass is 317 g/mol. The van der Waals surface area contributed by atoms with Gasteiger partial charge in [0.2, 0.25) is 5.91 Å². The van der Waals surface area contributed by atoms with Crippen LogP contribution in [0.4, 0.5) is 0 Å². The molecule has 6 nitrogen and oxygen atoms in total. The molecular formula is C14H27N3O3S. The van der Waals surface area contributed by atoms with Crippen molar-refractivity contribution < 1.29 is 13.2 Å². The molecule has 2 rings (SSSR count). The van der Waals surface area contributed by atoms with Gasteiger partial charge in [-0.25, -0.2) is 8.42 Å². The Balaban J connectivity index is 1.99. The minimum atomic E-state index is -3.01. The van der Waals surface area contributed by atoms with Gasteiger partial charge in [-0.3, -0.25) is 9.69 Å². The number of sulfone groups is 1. The second-order valence-electron chi connectivity index (χ2n) is 6.28. The summed E-state index contributed by atoms with van der Waals surface area (Å²) in [6.45, 7) is 2.52. The van der Waals surface area contributed by atoms with Crippen LogP contribution < -0.4 is 11.1 Å². The Bertz CT molecular complexity index is 466. The lowest BCUT2D eigenvalue weighted by Crippen LogP contribution is -2.51. The van der Waals surface area contributed by atoms with Crippen LogP contribution in [0.5, 0.6) is 0 Å². The molecule has 1 aliphatic heterocycles. The number of carbonyl (C=O) groups is 1. The van der Waals surface area contributed by atoms with Crippen LogP contribution in [0.2, 0.25) is 0 Å². The van der Waals surface area contributed by atoms with E-state index < -0.39 is 9.84 Å². The number of nitrogens with zero attached hydrogens (tertiary/aromatic N) is 1. The van der Waals surface area contributed by atoms with Gasteiger partial charge in [0, 0.05) is 31.9 Å². The lowest BCUT2D eigenvalue weighted by molar-refractivity contribution is -0.126. The standard InChI is InChI=1S/C14H27N3O3S/c1-21(19,20)13-6-2-5-12(13)17-9-3-4-11(10-17)14(18)16-8-7-15/h11-13H,2-10,15H2,1H3,(H,16,18). The van der Waals surface area contributed by atoms with Gasteiger partial charge < -0.3 is 11.1 Å². The number of carbonyl (C=O) groups excluding carboxylic acids is 1. The van der Waals surface area contributed by atoms with Gasteiger partial charge in [0.15, 0.2) is 9.84 Å². The summed E-state index contributed by atoms with van der Waals surface area (Å²) in [6.07, 6.45) is 5.81. The first-order chi connectivity index (χ1) is 9.93. The van der Waals surface area contributed by atoms with E-state index in [1.807, 2.05) is 0 Å². The molecule has 0 aromatic rings. The van der Waals surface area contributed by atoms with Crippen LogP contribution in [-0.4, -0.2) is 63.0 Å². The zero-order valence-electron chi connectivity index (χ0n) is 12.8. The van der Waals surface area contributed by atoms with Crippen molar-refractivity contribution in [3.63, 3.8) is 0 Å². The van der Waals surface area contributed by atoms with Crippen molar-refractivity contribution in [3.05, 3.63) is 0 Å². The Morgan fingerprint density at radius 3 is 2.71 bits per heavy atom. The normalized spacial score (nSPS) is 31.2. The molecule has 2 fully saturated rings. The lowest BCUT2D eigenvalue weighted by atomic mass is 9.95. The van der Waals surface area contributed by atoms with Crippen LogP contribution in [0.25, 0.3) is 0 Å². The van der Waals surface area contributed by atoms with Crippen LogP contribution in [0, 0.1) is 5.92 Å². The zero-order valence-corrected chi connectivity index (χ0v) is 13.6. The van der Waals surface area contributed by atoms with Gasteiger partial charge in [-0.05, 0) is 32.2 Å². The molecule has 0 aromatic heterocycles. The fourth-order valence-electron chi connectivity index (χ4n) is 3.68. The Kier molecular flexibility index (Phi) is 5.62. The molecule has 0 aromatic carbocycles. The zero-order chi connectivity index (χ0) is 15.5. The summed E-state index contributed by atoms with van der Waals surface area (Å²) in [5, 5.41) is 2.58. The van der Waals surface area contributed by atoms with Crippen LogP contribution in [-0.2, 0) is 14.6 Å². The Hall–Kier alpha value is -0.660. The third-order valence-corrected chi connectivity index (χ3v) is 6.35. The largest absolute Gasteiger partial charge is 0.355 e. The van der Waals surface area contributed by atoms with E-state index in [1.54, 1.807) is 0 Å². The van der Waals surface area contributed by atoms with Crippen molar-refractivity contribution in [2.45, 2.75) is 43.4 Å². The molecule has 1 amide bonds.